The smallest absolute Gasteiger partial charge is 0.299 e. The Morgan fingerprint density at radius 3 is 2.71 bits per heavy atom. The molecule has 2 heterocycles. The number of aromatic nitrogens is 2. The van der Waals surface area contributed by atoms with Crippen molar-refractivity contribution in [3.63, 3.8) is 0 Å². The fourth-order valence-corrected chi connectivity index (χ4v) is 3.13. The van der Waals surface area contributed by atoms with Gasteiger partial charge in [-0.1, -0.05) is 12.1 Å². The second-order valence-corrected chi connectivity index (χ2v) is 5.77. The third kappa shape index (κ3) is 2.11. The number of fused-ring (bicyclic) bond motifs is 2. The van der Waals surface area contributed by atoms with Gasteiger partial charge in [0.15, 0.2) is 0 Å². The van der Waals surface area contributed by atoms with Crippen LogP contribution in [-0.4, -0.2) is 27.8 Å². The third-order valence-electron chi connectivity index (χ3n) is 4.37. The van der Waals surface area contributed by atoms with Crippen LogP contribution >= 0.6 is 0 Å². The average molecular weight is 323 g/mol. The van der Waals surface area contributed by atoms with Crippen LogP contribution in [0.5, 0.6) is 0 Å². The number of Topliss-reactive ketones (excluding diaryl/α,β-unsaturated/α-hetero) is 1. The van der Waals surface area contributed by atoms with Gasteiger partial charge in [0.25, 0.3) is 11.7 Å². The van der Waals surface area contributed by atoms with E-state index in [0.29, 0.717) is 18.7 Å². The van der Waals surface area contributed by atoms with E-state index in [2.05, 4.69) is 4.98 Å². The molecule has 0 bridgehead atoms. The molecule has 6 heteroatoms. The molecule has 0 unspecified atom stereocenters. The lowest BCUT2D eigenvalue weighted by molar-refractivity contribution is -0.114. The first-order valence-corrected chi connectivity index (χ1v) is 7.62. The summed E-state index contributed by atoms with van der Waals surface area (Å²) in [5.74, 6) is -0.969. The molecule has 120 valence electrons. The predicted molar refractivity (Wildman–Crippen MR) is 87.5 cm³/mol. The van der Waals surface area contributed by atoms with E-state index >= 15 is 0 Å². The Labute approximate surface area is 137 Å². The molecule has 2 aromatic carbocycles. The van der Waals surface area contributed by atoms with Crippen LogP contribution in [0.1, 0.15) is 16.2 Å². The fourth-order valence-electron chi connectivity index (χ4n) is 3.13. The molecule has 0 radical (unpaired) electrons. The van der Waals surface area contributed by atoms with Crippen LogP contribution in [0.4, 0.5) is 10.1 Å². The summed E-state index contributed by atoms with van der Waals surface area (Å²) in [6, 6.07) is 11.6. The highest BCUT2D eigenvalue weighted by Gasteiger charge is 2.35. The third-order valence-corrected chi connectivity index (χ3v) is 4.37. The Bertz CT molecular complexity index is 993. The Morgan fingerprint density at radius 2 is 1.92 bits per heavy atom. The van der Waals surface area contributed by atoms with Crippen molar-refractivity contribution >= 4 is 28.4 Å². The quantitative estimate of drug-likeness (QED) is 0.696. The monoisotopic (exact) mass is 323 g/mol. The maximum atomic E-state index is 13.3. The van der Waals surface area contributed by atoms with Crippen molar-refractivity contribution in [2.45, 2.75) is 6.42 Å². The highest BCUT2D eigenvalue weighted by Crippen LogP contribution is 2.29. The molecule has 4 rings (SSSR count). The molecule has 3 aromatic rings. The van der Waals surface area contributed by atoms with Crippen molar-refractivity contribution in [2.75, 3.05) is 11.4 Å². The Kier molecular flexibility index (Phi) is 3.19. The Hall–Kier alpha value is -3.02. The Balaban J connectivity index is 1.63. The van der Waals surface area contributed by atoms with Crippen molar-refractivity contribution in [3.05, 3.63) is 59.7 Å². The van der Waals surface area contributed by atoms with Gasteiger partial charge in [0.05, 0.1) is 22.3 Å². The SMILES string of the molecule is Cn1c(CCN2C(=O)C(=O)c3cc(F)ccc32)nc2ccccc21. The van der Waals surface area contributed by atoms with E-state index in [1.165, 1.54) is 17.0 Å². The van der Waals surface area contributed by atoms with E-state index in [1.54, 1.807) is 0 Å². The first kappa shape index (κ1) is 14.6. The molecule has 5 nitrogen and oxygen atoms in total. The molecular formula is C18H14FN3O2. The van der Waals surface area contributed by atoms with Gasteiger partial charge in [-0.25, -0.2) is 9.37 Å². The number of para-hydroxylation sites is 2. The molecule has 0 fully saturated rings. The first-order chi connectivity index (χ1) is 11.6. The standard InChI is InChI=1S/C18H14FN3O2/c1-21-15-5-3-2-4-13(15)20-16(21)8-9-22-14-7-6-11(19)10-12(14)17(23)18(22)24/h2-7,10H,8-9H2,1H3. The van der Waals surface area contributed by atoms with Crippen molar-refractivity contribution in [3.8, 4) is 0 Å². The normalized spacial score (nSPS) is 13.8. The lowest BCUT2D eigenvalue weighted by atomic mass is 10.1. The Morgan fingerprint density at radius 1 is 1.12 bits per heavy atom. The number of halogens is 1. The van der Waals surface area contributed by atoms with Crippen molar-refractivity contribution in [1.82, 2.24) is 9.55 Å². The maximum Gasteiger partial charge on any atom is 0.299 e. The largest absolute Gasteiger partial charge is 0.331 e. The molecule has 0 aliphatic carbocycles. The molecule has 1 amide bonds. The van der Waals surface area contributed by atoms with Gasteiger partial charge in [0.1, 0.15) is 11.6 Å². The van der Waals surface area contributed by atoms with Gasteiger partial charge in [-0.3, -0.25) is 9.59 Å². The molecule has 0 spiro atoms. The van der Waals surface area contributed by atoms with Crippen molar-refractivity contribution in [2.24, 2.45) is 7.05 Å². The summed E-state index contributed by atoms with van der Waals surface area (Å²) in [5, 5.41) is 0. The van der Waals surface area contributed by atoms with Gasteiger partial charge in [-0.2, -0.15) is 0 Å². The number of ketones is 1. The van der Waals surface area contributed by atoms with Crippen LogP contribution in [0.3, 0.4) is 0 Å². The number of carbonyl (C=O) groups is 2. The molecule has 1 aliphatic rings. The maximum absolute atomic E-state index is 13.3. The molecule has 0 saturated carbocycles. The average Bonchev–Trinajstić information content (AvgIpc) is 3.02. The highest BCUT2D eigenvalue weighted by molar-refractivity contribution is 6.52. The minimum atomic E-state index is -0.658. The van der Waals surface area contributed by atoms with Crippen LogP contribution in [-0.2, 0) is 18.3 Å². The van der Waals surface area contributed by atoms with E-state index in [4.69, 9.17) is 0 Å². The molecule has 1 aliphatic heterocycles. The molecule has 0 atom stereocenters. The second kappa shape index (κ2) is 5.26. The zero-order valence-electron chi connectivity index (χ0n) is 13.0. The van der Waals surface area contributed by atoms with Crippen LogP contribution < -0.4 is 4.90 Å². The van der Waals surface area contributed by atoms with Gasteiger partial charge in [0, 0.05) is 20.0 Å². The number of rotatable bonds is 3. The summed E-state index contributed by atoms with van der Waals surface area (Å²) in [5.41, 5.74) is 2.50. The highest BCUT2D eigenvalue weighted by atomic mass is 19.1. The van der Waals surface area contributed by atoms with Crippen LogP contribution in [0, 0.1) is 5.82 Å². The second-order valence-electron chi connectivity index (χ2n) is 5.77. The van der Waals surface area contributed by atoms with E-state index in [9.17, 15) is 14.0 Å². The van der Waals surface area contributed by atoms with Crippen molar-refractivity contribution < 1.29 is 14.0 Å². The number of hydrogen-bond donors (Lipinski definition) is 0. The van der Waals surface area contributed by atoms with E-state index in [0.717, 1.165) is 22.9 Å². The van der Waals surface area contributed by atoms with Gasteiger partial charge in [0.2, 0.25) is 0 Å². The zero-order chi connectivity index (χ0) is 16.8. The molecule has 0 N–H and O–H groups in total. The van der Waals surface area contributed by atoms with E-state index in [1.807, 2.05) is 35.9 Å². The fraction of sp³-hybridized carbons (Fsp3) is 0.167. The summed E-state index contributed by atoms with van der Waals surface area (Å²) in [7, 11) is 1.92. The number of aryl methyl sites for hydroxylation is 1. The number of amides is 1. The van der Waals surface area contributed by atoms with Gasteiger partial charge >= 0.3 is 0 Å². The van der Waals surface area contributed by atoms with Crippen LogP contribution in [0.25, 0.3) is 11.0 Å². The first-order valence-electron chi connectivity index (χ1n) is 7.62. The number of benzene rings is 2. The summed E-state index contributed by atoms with van der Waals surface area (Å²) in [4.78, 5) is 30.1. The van der Waals surface area contributed by atoms with Gasteiger partial charge < -0.3 is 9.47 Å². The van der Waals surface area contributed by atoms with Crippen molar-refractivity contribution in [1.29, 1.82) is 0 Å². The molecule has 0 saturated heterocycles. The predicted octanol–water partition coefficient (Wildman–Crippen LogP) is 2.48. The van der Waals surface area contributed by atoms with Crippen LogP contribution in [0.15, 0.2) is 42.5 Å². The summed E-state index contributed by atoms with van der Waals surface area (Å²) in [6.45, 7) is 0.320. The number of hydrogen-bond acceptors (Lipinski definition) is 3. The van der Waals surface area contributed by atoms with E-state index < -0.39 is 17.5 Å². The number of imidazole rings is 1. The lowest BCUT2D eigenvalue weighted by Gasteiger charge is -2.16. The summed E-state index contributed by atoms with van der Waals surface area (Å²) >= 11 is 0. The molecule has 1 aromatic heterocycles. The topological polar surface area (TPSA) is 55.2 Å². The number of anilines is 1. The molecular weight excluding hydrogens is 309 g/mol. The number of nitrogens with zero attached hydrogens (tertiary/aromatic N) is 3. The summed E-state index contributed by atoms with van der Waals surface area (Å²) < 4.78 is 15.3. The summed E-state index contributed by atoms with van der Waals surface area (Å²) in [6.07, 6.45) is 0.501. The molecule has 24 heavy (non-hydrogen) atoms. The minimum absolute atomic E-state index is 0.130. The van der Waals surface area contributed by atoms with Gasteiger partial charge in [-0.05, 0) is 30.3 Å². The zero-order valence-corrected chi connectivity index (χ0v) is 13.0. The minimum Gasteiger partial charge on any atom is -0.331 e. The van der Waals surface area contributed by atoms with Crippen LogP contribution in [0.2, 0.25) is 0 Å². The lowest BCUT2D eigenvalue weighted by Crippen LogP contribution is -2.32. The van der Waals surface area contributed by atoms with E-state index in [-0.39, 0.29) is 5.56 Å². The number of carbonyl (C=O) groups excluding carboxylic acids is 2. The van der Waals surface area contributed by atoms with Gasteiger partial charge in [-0.15, -0.1) is 0 Å².